The Morgan fingerprint density at radius 1 is 1.14 bits per heavy atom. The molecule has 0 atom stereocenters. The van der Waals surface area contributed by atoms with Gasteiger partial charge in [0.05, 0.1) is 18.5 Å². The van der Waals surface area contributed by atoms with Gasteiger partial charge in [-0.2, -0.15) is 0 Å². The fraction of sp³-hybridized carbons (Fsp3) is 0.190. The van der Waals surface area contributed by atoms with E-state index in [1.165, 1.54) is 5.56 Å². The number of anilines is 3. The van der Waals surface area contributed by atoms with Crippen LogP contribution in [0.2, 0.25) is 0 Å². The zero-order valence-electron chi connectivity index (χ0n) is 15.9. The van der Waals surface area contributed by atoms with Crippen molar-refractivity contribution in [2.75, 3.05) is 29.2 Å². The number of nitrogens with one attached hydrogen (secondary N) is 2. The number of nitrogens with zero attached hydrogens (tertiary/aromatic N) is 3. The van der Waals surface area contributed by atoms with Crippen LogP contribution in [0.1, 0.15) is 11.1 Å². The number of ether oxygens (including phenoxy) is 1. The number of carbonyl (C=O) groups excluding carboxylic acids is 1. The molecule has 0 saturated heterocycles. The first kappa shape index (κ1) is 19.2. The number of aromatic nitrogens is 2. The quantitative estimate of drug-likeness (QED) is 0.596. The monoisotopic (exact) mass is 453 g/mol. The van der Waals surface area contributed by atoms with Gasteiger partial charge in [-0.15, -0.1) is 0 Å². The van der Waals surface area contributed by atoms with Crippen LogP contribution in [-0.4, -0.2) is 29.7 Å². The minimum Gasteiger partial charge on any atom is -0.495 e. The Labute approximate surface area is 177 Å². The van der Waals surface area contributed by atoms with Gasteiger partial charge in [-0.3, -0.25) is 4.98 Å². The molecule has 1 aliphatic rings. The zero-order chi connectivity index (χ0) is 20.2. The summed E-state index contributed by atoms with van der Waals surface area (Å²) in [5.74, 6) is 1.49. The summed E-state index contributed by atoms with van der Waals surface area (Å²) in [6.07, 6.45) is 6.12. The van der Waals surface area contributed by atoms with E-state index in [-0.39, 0.29) is 6.03 Å². The van der Waals surface area contributed by atoms with Crippen LogP contribution in [0.25, 0.3) is 0 Å². The lowest BCUT2D eigenvalue weighted by Crippen LogP contribution is -2.21. The lowest BCUT2D eigenvalue weighted by molar-refractivity contribution is 0.262. The van der Waals surface area contributed by atoms with E-state index in [0.717, 1.165) is 41.1 Å². The molecule has 2 N–H and O–H groups in total. The van der Waals surface area contributed by atoms with Crippen LogP contribution in [-0.2, 0) is 13.0 Å². The molecule has 0 saturated carbocycles. The van der Waals surface area contributed by atoms with Gasteiger partial charge in [-0.05, 0) is 48.4 Å². The van der Waals surface area contributed by atoms with E-state index in [9.17, 15) is 4.79 Å². The molecule has 29 heavy (non-hydrogen) atoms. The molecule has 0 bridgehead atoms. The normalized spacial score (nSPS) is 12.4. The molecule has 0 fully saturated rings. The summed E-state index contributed by atoms with van der Waals surface area (Å²) >= 11 is 3.41. The maximum Gasteiger partial charge on any atom is 0.323 e. The molecule has 0 radical (unpaired) electrons. The Morgan fingerprint density at radius 3 is 2.72 bits per heavy atom. The van der Waals surface area contributed by atoms with Crippen molar-refractivity contribution in [1.82, 2.24) is 9.97 Å². The number of halogens is 1. The average Bonchev–Trinajstić information content (AvgIpc) is 3.13. The summed E-state index contributed by atoms with van der Waals surface area (Å²) in [5.41, 5.74) is 3.56. The summed E-state index contributed by atoms with van der Waals surface area (Å²) in [7, 11) is 1.57. The van der Waals surface area contributed by atoms with E-state index in [1.807, 2.05) is 24.3 Å². The van der Waals surface area contributed by atoms with Gasteiger partial charge in [0.2, 0.25) is 0 Å². The number of amides is 2. The molecule has 0 unspecified atom stereocenters. The highest BCUT2D eigenvalue weighted by molar-refractivity contribution is 9.10. The van der Waals surface area contributed by atoms with Gasteiger partial charge in [-0.25, -0.2) is 9.78 Å². The standard InChI is InChI=1S/C21H20BrN5O2/c1-29-19-3-2-15(22)12-18(19)26-21(28)25-17-6-10-24-20-16(17)7-11-27(20)13-14-4-8-23-9-5-14/h2-6,8-10,12H,7,11,13H2,1H3,(H2,24,25,26,28). The van der Waals surface area contributed by atoms with Gasteiger partial charge in [0.15, 0.2) is 0 Å². The molecule has 4 rings (SSSR count). The van der Waals surface area contributed by atoms with Crippen molar-refractivity contribution in [3.8, 4) is 5.75 Å². The SMILES string of the molecule is COc1ccc(Br)cc1NC(=O)Nc1ccnc2c1CCN2Cc1ccncc1. The number of rotatable bonds is 5. The van der Waals surface area contributed by atoms with Crippen molar-refractivity contribution in [1.29, 1.82) is 0 Å². The lowest BCUT2D eigenvalue weighted by atomic mass is 10.2. The molecule has 1 aromatic carbocycles. The van der Waals surface area contributed by atoms with E-state index in [2.05, 4.69) is 41.4 Å². The number of benzene rings is 1. The number of hydrogen-bond donors (Lipinski definition) is 2. The van der Waals surface area contributed by atoms with Crippen molar-refractivity contribution in [3.63, 3.8) is 0 Å². The molecule has 0 spiro atoms. The van der Waals surface area contributed by atoms with Gasteiger partial charge in [0.25, 0.3) is 0 Å². The molecule has 7 nitrogen and oxygen atoms in total. The number of fused-ring (bicyclic) bond motifs is 1. The second kappa shape index (κ2) is 8.48. The summed E-state index contributed by atoms with van der Waals surface area (Å²) < 4.78 is 6.16. The number of urea groups is 1. The first-order valence-corrected chi connectivity index (χ1v) is 9.96. The van der Waals surface area contributed by atoms with Gasteiger partial charge >= 0.3 is 6.03 Å². The Hall–Kier alpha value is -3.13. The summed E-state index contributed by atoms with van der Waals surface area (Å²) in [6.45, 7) is 1.61. The summed E-state index contributed by atoms with van der Waals surface area (Å²) in [6, 6.07) is 10.9. The molecule has 0 aliphatic carbocycles. The Balaban J connectivity index is 1.49. The molecule has 1 aliphatic heterocycles. The highest BCUT2D eigenvalue weighted by atomic mass is 79.9. The Kier molecular flexibility index (Phi) is 5.62. The topological polar surface area (TPSA) is 79.4 Å². The number of hydrogen-bond acceptors (Lipinski definition) is 5. The molecule has 2 aromatic heterocycles. The van der Waals surface area contributed by atoms with E-state index in [1.54, 1.807) is 37.8 Å². The van der Waals surface area contributed by atoms with Crippen LogP contribution >= 0.6 is 15.9 Å². The fourth-order valence-electron chi connectivity index (χ4n) is 3.39. The third-order valence-electron chi connectivity index (χ3n) is 4.75. The van der Waals surface area contributed by atoms with Crippen molar-refractivity contribution >= 4 is 39.2 Å². The molecule has 3 heterocycles. The van der Waals surface area contributed by atoms with E-state index in [4.69, 9.17) is 4.74 Å². The molecular formula is C21H20BrN5O2. The third-order valence-corrected chi connectivity index (χ3v) is 5.24. The van der Waals surface area contributed by atoms with Gasteiger partial charge in [0, 0.05) is 41.7 Å². The van der Waals surface area contributed by atoms with Gasteiger partial charge in [-0.1, -0.05) is 15.9 Å². The average molecular weight is 454 g/mol. The maximum atomic E-state index is 12.6. The van der Waals surface area contributed by atoms with Gasteiger partial charge in [0.1, 0.15) is 11.6 Å². The predicted molar refractivity (Wildman–Crippen MR) is 117 cm³/mol. The van der Waals surface area contributed by atoms with Crippen LogP contribution in [0.4, 0.5) is 22.0 Å². The smallest absolute Gasteiger partial charge is 0.323 e. The van der Waals surface area contributed by atoms with E-state index in [0.29, 0.717) is 11.4 Å². The van der Waals surface area contributed by atoms with Crippen LogP contribution in [0.3, 0.4) is 0 Å². The number of carbonyl (C=O) groups is 1. The molecule has 8 heteroatoms. The van der Waals surface area contributed by atoms with Crippen molar-refractivity contribution in [3.05, 3.63) is 70.6 Å². The lowest BCUT2D eigenvalue weighted by Gasteiger charge is -2.18. The second-order valence-corrected chi connectivity index (χ2v) is 7.53. The Bertz CT molecular complexity index is 1030. The minimum atomic E-state index is -0.331. The largest absolute Gasteiger partial charge is 0.495 e. The van der Waals surface area contributed by atoms with Crippen LogP contribution < -0.4 is 20.3 Å². The van der Waals surface area contributed by atoms with Crippen LogP contribution in [0.15, 0.2) is 59.5 Å². The molecular weight excluding hydrogens is 434 g/mol. The summed E-state index contributed by atoms with van der Waals surface area (Å²) in [4.78, 5) is 23.4. The first-order valence-electron chi connectivity index (χ1n) is 9.17. The van der Waals surface area contributed by atoms with Crippen LogP contribution in [0, 0.1) is 0 Å². The number of methoxy groups -OCH3 is 1. The van der Waals surface area contributed by atoms with E-state index >= 15 is 0 Å². The summed E-state index contributed by atoms with van der Waals surface area (Å²) in [5, 5.41) is 5.80. The maximum absolute atomic E-state index is 12.6. The van der Waals surface area contributed by atoms with Crippen molar-refractivity contribution < 1.29 is 9.53 Å². The van der Waals surface area contributed by atoms with Crippen molar-refractivity contribution in [2.24, 2.45) is 0 Å². The third kappa shape index (κ3) is 4.32. The Morgan fingerprint density at radius 2 is 1.93 bits per heavy atom. The zero-order valence-corrected chi connectivity index (χ0v) is 17.4. The molecule has 148 valence electrons. The second-order valence-electron chi connectivity index (χ2n) is 6.61. The highest BCUT2D eigenvalue weighted by Crippen LogP contribution is 2.33. The van der Waals surface area contributed by atoms with Crippen LogP contribution in [0.5, 0.6) is 5.75 Å². The number of pyridine rings is 2. The highest BCUT2D eigenvalue weighted by Gasteiger charge is 2.24. The molecule has 3 aromatic rings. The van der Waals surface area contributed by atoms with Gasteiger partial charge < -0.3 is 20.3 Å². The minimum absolute atomic E-state index is 0.331. The molecule has 2 amide bonds. The van der Waals surface area contributed by atoms with E-state index < -0.39 is 0 Å². The predicted octanol–water partition coefficient (Wildman–Crippen LogP) is 4.45. The first-order chi connectivity index (χ1) is 14.1. The fourth-order valence-corrected chi connectivity index (χ4v) is 3.75. The van der Waals surface area contributed by atoms with Crippen molar-refractivity contribution in [2.45, 2.75) is 13.0 Å².